The molecule has 1 fully saturated rings. The maximum atomic E-state index is 5.75. The summed E-state index contributed by atoms with van der Waals surface area (Å²) in [5, 5.41) is 3.42. The first-order chi connectivity index (χ1) is 8.83. The zero-order chi connectivity index (χ0) is 14.0. The van der Waals surface area contributed by atoms with E-state index in [1.54, 1.807) is 0 Å². The monoisotopic (exact) mass is 263 g/mol. The first-order valence-electron chi connectivity index (χ1n) is 6.98. The van der Waals surface area contributed by atoms with Crippen molar-refractivity contribution in [2.24, 2.45) is 0 Å². The summed E-state index contributed by atoms with van der Waals surface area (Å²) in [5.74, 6) is 1.03. The summed E-state index contributed by atoms with van der Waals surface area (Å²) in [6, 6.07) is 4.18. The first-order valence-corrected chi connectivity index (χ1v) is 6.98. The molecule has 1 aliphatic rings. The van der Waals surface area contributed by atoms with Gasteiger partial charge in [-0.15, -0.1) is 0 Å². The van der Waals surface area contributed by atoms with Crippen molar-refractivity contribution >= 4 is 11.5 Å². The minimum atomic E-state index is 0.0607. The van der Waals surface area contributed by atoms with Crippen molar-refractivity contribution < 1.29 is 4.74 Å². The van der Waals surface area contributed by atoms with Crippen LogP contribution in [0.1, 0.15) is 34.6 Å². The molecule has 1 aliphatic heterocycles. The molecular weight excluding hydrogens is 238 g/mol. The van der Waals surface area contributed by atoms with Gasteiger partial charge in [0.05, 0.1) is 24.1 Å². The van der Waals surface area contributed by atoms with Crippen molar-refractivity contribution in [2.75, 3.05) is 23.3 Å². The molecular formula is C15H25N3O. The predicted molar refractivity (Wildman–Crippen MR) is 79.8 cm³/mol. The molecule has 4 nitrogen and oxygen atoms in total. The summed E-state index contributed by atoms with van der Waals surface area (Å²) < 4.78 is 5.75. The summed E-state index contributed by atoms with van der Waals surface area (Å²) in [5.41, 5.74) is 1.12. The maximum absolute atomic E-state index is 5.75. The van der Waals surface area contributed by atoms with Gasteiger partial charge in [0.1, 0.15) is 5.82 Å². The number of nitrogens with zero attached hydrogens (tertiary/aromatic N) is 2. The molecule has 2 heterocycles. The zero-order valence-electron chi connectivity index (χ0n) is 12.6. The second-order valence-electron chi connectivity index (χ2n) is 6.44. The summed E-state index contributed by atoms with van der Waals surface area (Å²) in [6.45, 7) is 12.5. The molecule has 19 heavy (non-hydrogen) atoms. The minimum Gasteiger partial charge on any atom is -0.379 e. The largest absolute Gasteiger partial charge is 0.379 e. The van der Waals surface area contributed by atoms with Crippen LogP contribution in [0.25, 0.3) is 0 Å². The Kier molecular flexibility index (Phi) is 3.99. The molecule has 0 saturated carbocycles. The van der Waals surface area contributed by atoms with E-state index in [0.29, 0.717) is 0 Å². The normalized spacial score (nSPS) is 24.4. The van der Waals surface area contributed by atoms with Crippen LogP contribution in [0, 0.1) is 0 Å². The summed E-state index contributed by atoms with van der Waals surface area (Å²) >= 11 is 0. The Hall–Kier alpha value is -1.29. The highest BCUT2D eigenvalue weighted by molar-refractivity contribution is 5.50. The lowest BCUT2D eigenvalue weighted by Gasteiger charge is -2.36. The van der Waals surface area contributed by atoms with E-state index in [0.717, 1.165) is 24.6 Å². The number of morpholine rings is 1. The standard InChI is InChI=1S/C15H25N3O/c1-11-9-18(10-12(2)19-11)14-7-6-13(8-16-14)17-15(3,4)5/h6-8,11-12,17H,9-10H2,1-5H3/t11-,12+. The maximum Gasteiger partial charge on any atom is 0.128 e. The molecule has 2 atom stereocenters. The lowest BCUT2D eigenvalue weighted by Crippen LogP contribution is -2.45. The van der Waals surface area contributed by atoms with Crippen LogP contribution in [-0.4, -0.2) is 35.8 Å². The molecule has 1 N–H and O–H groups in total. The second kappa shape index (κ2) is 5.37. The Balaban J connectivity index is 2.05. The van der Waals surface area contributed by atoms with Gasteiger partial charge in [0.2, 0.25) is 0 Å². The Labute approximate surface area is 116 Å². The average molecular weight is 263 g/mol. The molecule has 1 aromatic heterocycles. The van der Waals surface area contributed by atoms with Gasteiger partial charge >= 0.3 is 0 Å². The van der Waals surface area contributed by atoms with Crippen LogP contribution in [-0.2, 0) is 4.74 Å². The van der Waals surface area contributed by atoms with Crippen molar-refractivity contribution in [3.05, 3.63) is 18.3 Å². The molecule has 0 bridgehead atoms. The van der Waals surface area contributed by atoms with Crippen LogP contribution in [0.4, 0.5) is 11.5 Å². The van der Waals surface area contributed by atoms with Gasteiger partial charge in [-0.1, -0.05) is 0 Å². The third-order valence-electron chi connectivity index (χ3n) is 3.01. The van der Waals surface area contributed by atoms with Crippen molar-refractivity contribution in [1.82, 2.24) is 4.98 Å². The fourth-order valence-corrected chi connectivity index (χ4v) is 2.45. The van der Waals surface area contributed by atoms with Crippen molar-refractivity contribution in [3.63, 3.8) is 0 Å². The molecule has 2 rings (SSSR count). The molecule has 1 saturated heterocycles. The summed E-state index contributed by atoms with van der Waals surface area (Å²) in [6.07, 6.45) is 2.43. The van der Waals surface area contributed by atoms with E-state index < -0.39 is 0 Å². The topological polar surface area (TPSA) is 37.4 Å². The Morgan fingerprint density at radius 2 is 1.84 bits per heavy atom. The van der Waals surface area contributed by atoms with E-state index in [4.69, 9.17) is 4.74 Å². The van der Waals surface area contributed by atoms with Crippen LogP contribution in [0.2, 0.25) is 0 Å². The molecule has 0 aromatic carbocycles. The van der Waals surface area contributed by atoms with Gasteiger partial charge in [0.15, 0.2) is 0 Å². The van der Waals surface area contributed by atoms with Crippen LogP contribution in [0.15, 0.2) is 18.3 Å². The lowest BCUT2D eigenvalue weighted by molar-refractivity contribution is -0.00545. The number of hydrogen-bond acceptors (Lipinski definition) is 4. The number of ether oxygens (including phenoxy) is 1. The summed E-state index contributed by atoms with van der Waals surface area (Å²) in [4.78, 5) is 6.85. The average Bonchev–Trinajstić information content (AvgIpc) is 2.26. The molecule has 1 aromatic rings. The van der Waals surface area contributed by atoms with Gasteiger partial charge in [0.25, 0.3) is 0 Å². The van der Waals surface area contributed by atoms with Gasteiger partial charge in [-0.3, -0.25) is 0 Å². The third-order valence-corrected chi connectivity index (χ3v) is 3.01. The molecule has 4 heteroatoms. The van der Waals surface area contributed by atoms with Crippen molar-refractivity contribution in [2.45, 2.75) is 52.4 Å². The van der Waals surface area contributed by atoms with E-state index in [9.17, 15) is 0 Å². The first kappa shape index (κ1) is 14.1. The highest BCUT2D eigenvalue weighted by Crippen LogP contribution is 2.21. The Morgan fingerprint density at radius 3 is 2.32 bits per heavy atom. The van der Waals surface area contributed by atoms with Gasteiger partial charge in [-0.2, -0.15) is 0 Å². The zero-order valence-corrected chi connectivity index (χ0v) is 12.6. The van der Waals surface area contributed by atoms with Gasteiger partial charge in [-0.25, -0.2) is 4.98 Å². The van der Waals surface area contributed by atoms with Crippen LogP contribution in [0.5, 0.6) is 0 Å². The van der Waals surface area contributed by atoms with E-state index in [1.165, 1.54) is 0 Å². The van der Waals surface area contributed by atoms with Gasteiger partial charge in [0, 0.05) is 18.6 Å². The number of nitrogens with one attached hydrogen (secondary N) is 1. The summed E-state index contributed by atoms with van der Waals surface area (Å²) in [7, 11) is 0. The molecule has 0 amide bonds. The van der Waals surface area contributed by atoms with Crippen LogP contribution < -0.4 is 10.2 Å². The number of aromatic nitrogens is 1. The lowest BCUT2D eigenvalue weighted by atomic mass is 10.1. The van der Waals surface area contributed by atoms with E-state index in [1.807, 2.05) is 6.20 Å². The molecule has 0 spiro atoms. The highest BCUT2D eigenvalue weighted by atomic mass is 16.5. The van der Waals surface area contributed by atoms with E-state index in [-0.39, 0.29) is 17.7 Å². The van der Waals surface area contributed by atoms with E-state index >= 15 is 0 Å². The minimum absolute atomic E-state index is 0.0607. The number of anilines is 2. The Bertz CT molecular complexity index is 400. The van der Waals surface area contributed by atoms with Crippen molar-refractivity contribution in [3.8, 4) is 0 Å². The number of hydrogen-bond donors (Lipinski definition) is 1. The molecule has 0 radical (unpaired) electrons. The molecule has 106 valence electrons. The molecule has 0 unspecified atom stereocenters. The van der Waals surface area contributed by atoms with E-state index in [2.05, 4.69) is 62.0 Å². The molecule has 0 aliphatic carbocycles. The third kappa shape index (κ3) is 4.10. The number of pyridine rings is 1. The smallest absolute Gasteiger partial charge is 0.128 e. The number of rotatable bonds is 2. The Morgan fingerprint density at radius 1 is 1.21 bits per heavy atom. The van der Waals surface area contributed by atoms with Gasteiger partial charge in [-0.05, 0) is 46.8 Å². The van der Waals surface area contributed by atoms with Crippen molar-refractivity contribution in [1.29, 1.82) is 0 Å². The fourth-order valence-electron chi connectivity index (χ4n) is 2.45. The SMILES string of the molecule is C[C@@H]1CN(c2ccc(NC(C)(C)C)cn2)C[C@H](C)O1. The van der Waals surface area contributed by atoms with Gasteiger partial charge < -0.3 is 15.0 Å². The van der Waals surface area contributed by atoms with Crippen LogP contribution in [0.3, 0.4) is 0 Å². The quantitative estimate of drug-likeness (QED) is 0.890. The fraction of sp³-hybridized carbons (Fsp3) is 0.667. The highest BCUT2D eigenvalue weighted by Gasteiger charge is 2.23. The second-order valence-corrected chi connectivity index (χ2v) is 6.44. The van der Waals surface area contributed by atoms with Crippen LogP contribution >= 0.6 is 0 Å². The predicted octanol–water partition coefficient (Wildman–Crippen LogP) is 2.91.